The molecule has 0 saturated carbocycles. The molecular formula is C35H47FO. The van der Waals surface area contributed by atoms with Crippen LogP contribution in [-0.4, -0.2) is 0 Å². The summed E-state index contributed by atoms with van der Waals surface area (Å²) in [4.78, 5) is 0. The third kappa shape index (κ3) is 10.7. The van der Waals surface area contributed by atoms with Crippen LogP contribution in [0.1, 0.15) is 108 Å². The van der Waals surface area contributed by atoms with Crippen LogP contribution in [0.2, 0.25) is 0 Å². The Morgan fingerprint density at radius 1 is 0.541 bits per heavy atom. The second-order valence-electron chi connectivity index (χ2n) is 10.5. The van der Waals surface area contributed by atoms with E-state index in [1.807, 2.05) is 30.3 Å². The van der Waals surface area contributed by atoms with Crippen molar-refractivity contribution in [2.75, 3.05) is 0 Å². The van der Waals surface area contributed by atoms with Crippen LogP contribution in [0.5, 0.6) is 5.75 Å². The first-order valence-electron chi connectivity index (χ1n) is 14.8. The Labute approximate surface area is 225 Å². The maximum atomic E-state index is 14.8. The fourth-order valence-corrected chi connectivity index (χ4v) is 4.87. The number of benzene rings is 3. The molecule has 0 N–H and O–H groups in total. The molecule has 0 aliphatic carbocycles. The van der Waals surface area contributed by atoms with Gasteiger partial charge in [-0.25, -0.2) is 4.39 Å². The van der Waals surface area contributed by atoms with Crippen molar-refractivity contribution in [2.24, 2.45) is 0 Å². The number of hydrogen-bond donors (Lipinski definition) is 0. The highest BCUT2D eigenvalue weighted by Crippen LogP contribution is 2.27. The highest BCUT2D eigenvalue weighted by molar-refractivity contribution is 5.65. The maximum Gasteiger partial charge on any atom is 0.131 e. The second-order valence-corrected chi connectivity index (χ2v) is 10.5. The Bertz CT molecular complexity index is 1010. The van der Waals surface area contributed by atoms with Crippen LogP contribution in [0.25, 0.3) is 11.1 Å². The molecule has 37 heavy (non-hydrogen) atoms. The van der Waals surface area contributed by atoms with E-state index in [4.69, 9.17) is 4.74 Å². The average Bonchev–Trinajstić information content (AvgIpc) is 2.92. The summed E-state index contributed by atoms with van der Waals surface area (Å²) in [7, 11) is 0. The number of aryl methyl sites for hydroxylation is 2. The molecule has 0 heterocycles. The van der Waals surface area contributed by atoms with Gasteiger partial charge in [-0.3, -0.25) is 0 Å². The van der Waals surface area contributed by atoms with E-state index in [0.29, 0.717) is 12.2 Å². The van der Waals surface area contributed by atoms with Crippen molar-refractivity contribution in [1.82, 2.24) is 0 Å². The van der Waals surface area contributed by atoms with Gasteiger partial charge in [0, 0.05) is 5.56 Å². The van der Waals surface area contributed by atoms with Gasteiger partial charge in [-0.15, -0.1) is 0 Å². The van der Waals surface area contributed by atoms with Crippen molar-refractivity contribution >= 4 is 0 Å². The van der Waals surface area contributed by atoms with Crippen LogP contribution in [-0.2, 0) is 19.4 Å². The van der Waals surface area contributed by atoms with Crippen molar-refractivity contribution < 1.29 is 9.13 Å². The number of hydrogen-bond acceptors (Lipinski definition) is 1. The summed E-state index contributed by atoms with van der Waals surface area (Å²) in [5.41, 5.74) is 5.20. The molecule has 0 aromatic heterocycles. The number of halogens is 1. The highest BCUT2D eigenvalue weighted by atomic mass is 19.1. The summed E-state index contributed by atoms with van der Waals surface area (Å²) in [6.45, 7) is 5.04. The lowest BCUT2D eigenvalue weighted by Gasteiger charge is -2.10. The third-order valence-electron chi connectivity index (χ3n) is 7.27. The molecule has 0 aliphatic rings. The molecule has 1 nitrogen and oxygen atoms in total. The molecule has 3 aromatic carbocycles. The van der Waals surface area contributed by atoms with Gasteiger partial charge in [0.25, 0.3) is 0 Å². The zero-order valence-corrected chi connectivity index (χ0v) is 23.2. The highest BCUT2D eigenvalue weighted by Gasteiger charge is 2.07. The molecule has 0 aliphatic heterocycles. The van der Waals surface area contributed by atoms with Gasteiger partial charge in [0.2, 0.25) is 0 Å². The Morgan fingerprint density at radius 2 is 1.05 bits per heavy atom. The Kier molecular flexibility index (Phi) is 13.3. The molecule has 0 spiro atoms. The minimum Gasteiger partial charge on any atom is -0.489 e. The van der Waals surface area contributed by atoms with Gasteiger partial charge in [-0.2, -0.15) is 0 Å². The summed E-state index contributed by atoms with van der Waals surface area (Å²) in [5.74, 6) is 0.665. The summed E-state index contributed by atoms with van der Waals surface area (Å²) < 4.78 is 20.8. The molecule has 0 amide bonds. The minimum absolute atomic E-state index is 0.141. The molecule has 0 radical (unpaired) electrons. The van der Waals surface area contributed by atoms with Gasteiger partial charge < -0.3 is 4.74 Å². The minimum atomic E-state index is -0.141. The van der Waals surface area contributed by atoms with Crippen LogP contribution in [0.4, 0.5) is 4.39 Å². The smallest absolute Gasteiger partial charge is 0.131 e. The maximum absolute atomic E-state index is 14.8. The predicted molar refractivity (Wildman–Crippen MR) is 157 cm³/mol. The largest absolute Gasteiger partial charge is 0.489 e. The zero-order chi connectivity index (χ0) is 26.1. The Hall–Kier alpha value is -2.61. The van der Waals surface area contributed by atoms with Gasteiger partial charge in [0.1, 0.15) is 18.2 Å². The van der Waals surface area contributed by atoms with E-state index in [-0.39, 0.29) is 5.82 Å². The van der Waals surface area contributed by atoms with Crippen molar-refractivity contribution in [1.29, 1.82) is 0 Å². The van der Waals surface area contributed by atoms with Crippen LogP contribution < -0.4 is 4.74 Å². The lowest BCUT2D eigenvalue weighted by atomic mass is 10.00. The third-order valence-corrected chi connectivity index (χ3v) is 7.27. The summed E-state index contributed by atoms with van der Waals surface area (Å²) in [6.07, 6.45) is 17.7. The van der Waals surface area contributed by atoms with E-state index in [1.165, 1.54) is 81.8 Å². The van der Waals surface area contributed by atoms with Crippen molar-refractivity contribution in [3.05, 3.63) is 89.2 Å². The standard InChI is InChI=1S/C35H47FO/c1-3-5-7-9-11-13-15-29-17-19-31(20-18-29)28-37-33-24-22-32(23-25-33)34-26-21-30(27-35(34)36)16-14-12-10-8-6-4-2/h17-27H,3-16,28H2,1-2H3. The van der Waals surface area contributed by atoms with E-state index in [0.717, 1.165) is 36.1 Å². The molecule has 3 aromatic rings. The number of ether oxygens (including phenoxy) is 1. The molecule has 0 unspecified atom stereocenters. The lowest BCUT2D eigenvalue weighted by molar-refractivity contribution is 0.306. The fraction of sp³-hybridized carbons (Fsp3) is 0.486. The fourth-order valence-electron chi connectivity index (χ4n) is 4.87. The van der Waals surface area contributed by atoms with E-state index in [1.54, 1.807) is 6.07 Å². The molecule has 0 saturated heterocycles. The van der Waals surface area contributed by atoms with Crippen LogP contribution in [0.3, 0.4) is 0 Å². The summed E-state index contributed by atoms with van der Waals surface area (Å²) >= 11 is 0. The first-order valence-corrected chi connectivity index (χ1v) is 14.8. The van der Waals surface area contributed by atoms with Crippen LogP contribution in [0, 0.1) is 5.82 Å². The molecule has 0 bridgehead atoms. The zero-order valence-electron chi connectivity index (χ0n) is 23.2. The monoisotopic (exact) mass is 502 g/mol. The van der Waals surface area contributed by atoms with E-state index in [9.17, 15) is 4.39 Å². The van der Waals surface area contributed by atoms with Crippen molar-refractivity contribution in [3.8, 4) is 16.9 Å². The SMILES string of the molecule is CCCCCCCCc1ccc(COc2ccc(-c3ccc(CCCCCCCC)cc3F)cc2)cc1. The van der Waals surface area contributed by atoms with Gasteiger partial charge in [0.05, 0.1) is 0 Å². The number of unbranched alkanes of at least 4 members (excludes halogenated alkanes) is 10. The van der Waals surface area contributed by atoms with E-state index < -0.39 is 0 Å². The molecule has 200 valence electrons. The molecule has 0 fully saturated rings. The topological polar surface area (TPSA) is 9.23 Å². The Balaban J connectivity index is 1.42. The predicted octanol–water partition coefficient (Wildman–Crippen LogP) is 10.9. The van der Waals surface area contributed by atoms with Crippen molar-refractivity contribution in [3.63, 3.8) is 0 Å². The summed E-state index contributed by atoms with van der Waals surface area (Å²) in [5, 5.41) is 0. The first-order chi connectivity index (χ1) is 18.2. The van der Waals surface area contributed by atoms with Gasteiger partial charge in [-0.05, 0) is 66.1 Å². The quantitative estimate of drug-likeness (QED) is 0.157. The summed E-state index contributed by atoms with van der Waals surface area (Å²) in [6, 6.07) is 22.3. The average molecular weight is 503 g/mol. The van der Waals surface area contributed by atoms with E-state index in [2.05, 4.69) is 44.2 Å². The van der Waals surface area contributed by atoms with Crippen LogP contribution >= 0.6 is 0 Å². The first kappa shape index (κ1) is 29.0. The lowest BCUT2D eigenvalue weighted by Crippen LogP contribution is -1.96. The van der Waals surface area contributed by atoms with Crippen molar-refractivity contribution in [2.45, 2.75) is 110 Å². The Morgan fingerprint density at radius 3 is 1.65 bits per heavy atom. The van der Waals surface area contributed by atoms with Gasteiger partial charge in [0.15, 0.2) is 0 Å². The molecule has 2 heteroatoms. The van der Waals surface area contributed by atoms with Crippen LogP contribution in [0.15, 0.2) is 66.7 Å². The second kappa shape index (κ2) is 17.0. The number of rotatable bonds is 18. The molecular weight excluding hydrogens is 455 g/mol. The normalized spacial score (nSPS) is 11.1. The van der Waals surface area contributed by atoms with E-state index >= 15 is 0 Å². The van der Waals surface area contributed by atoms with Gasteiger partial charge >= 0.3 is 0 Å². The molecule has 0 atom stereocenters. The molecule has 3 rings (SSSR count). The van der Waals surface area contributed by atoms with Gasteiger partial charge in [-0.1, -0.05) is 127 Å².